The van der Waals surface area contributed by atoms with Gasteiger partial charge in [-0.05, 0) is 41.3 Å². The summed E-state index contributed by atoms with van der Waals surface area (Å²) in [5, 5.41) is 12.7. The molecule has 7 nitrogen and oxygen atoms in total. The van der Waals surface area contributed by atoms with Gasteiger partial charge in [0.25, 0.3) is 0 Å². The van der Waals surface area contributed by atoms with Crippen molar-refractivity contribution < 1.29 is 14.0 Å². The molecule has 0 radical (unpaired) electrons. The summed E-state index contributed by atoms with van der Waals surface area (Å²) in [6.07, 6.45) is 3.43. The van der Waals surface area contributed by atoms with E-state index in [0.29, 0.717) is 11.6 Å². The third-order valence-corrected chi connectivity index (χ3v) is 6.07. The number of para-hydroxylation sites is 1. The lowest BCUT2D eigenvalue weighted by molar-refractivity contribution is -0.934. The molecule has 2 fully saturated rings. The fourth-order valence-electron chi connectivity index (χ4n) is 4.59. The van der Waals surface area contributed by atoms with Crippen LogP contribution in [0.25, 0.3) is 0 Å². The number of anilines is 1. The molecule has 0 bridgehead atoms. The van der Waals surface area contributed by atoms with E-state index in [2.05, 4.69) is 34.3 Å². The fourth-order valence-corrected chi connectivity index (χ4v) is 4.59. The number of nitrogens with one attached hydrogen (secondary N) is 1. The van der Waals surface area contributed by atoms with Gasteiger partial charge in [0, 0.05) is 13.0 Å². The van der Waals surface area contributed by atoms with Crippen LogP contribution in [0.5, 0.6) is 0 Å². The number of benzene rings is 1. The summed E-state index contributed by atoms with van der Waals surface area (Å²) in [7, 11) is 0. The summed E-state index contributed by atoms with van der Waals surface area (Å²) in [6.45, 7) is 9.60. The van der Waals surface area contributed by atoms with Gasteiger partial charge in [-0.15, -0.1) is 5.10 Å². The lowest BCUT2D eigenvalue weighted by Gasteiger charge is -2.37. The summed E-state index contributed by atoms with van der Waals surface area (Å²) < 4.78 is 21.9. The first-order valence-electron chi connectivity index (χ1n) is 10.8. The standard InChI is InChI=1S/C21H31FN6O/c1-16(2)14-20(21-23-24-25-28(21)15-17-6-5-13-29-17)27-11-9-26(10-12-27)19-8-4-3-7-18(19)22/h3-4,7-8,16-17,20H,5-6,9-15H2,1-2H3/p+1/t17-,20+/m1/s1. The maximum absolute atomic E-state index is 14.2. The predicted molar refractivity (Wildman–Crippen MR) is 108 cm³/mol. The van der Waals surface area contributed by atoms with Gasteiger partial charge >= 0.3 is 0 Å². The normalized spacial score (nSPS) is 21.8. The van der Waals surface area contributed by atoms with Crippen LogP contribution in [0.3, 0.4) is 0 Å². The predicted octanol–water partition coefficient (Wildman–Crippen LogP) is 1.48. The van der Waals surface area contributed by atoms with Crippen LogP contribution in [-0.4, -0.2) is 59.1 Å². The minimum Gasteiger partial charge on any atom is -0.376 e. The Morgan fingerprint density at radius 1 is 1.24 bits per heavy atom. The first kappa shape index (κ1) is 20.2. The van der Waals surface area contributed by atoms with Crippen LogP contribution in [0.2, 0.25) is 0 Å². The number of aromatic nitrogens is 4. The molecule has 0 unspecified atom stereocenters. The van der Waals surface area contributed by atoms with Crippen LogP contribution in [0.4, 0.5) is 10.1 Å². The maximum atomic E-state index is 14.2. The van der Waals surface area contributed by atoms with E-state index < -0.39 is 0 Å². The molecule has 29 heavy (non-hydrogen) atoms. The van der Waals surface area contributed by atoms with Gasteiger partial charge in [0.2, 0.25) is 5.82 Å². The molecule has 2 aromatic rings. The number of halogens is 1. The summed E-state index contributed by atoms with van der Waals surface area (Å²) in [5.74, 6) is 1.36. The molecule has 8 heteroatoms. The number of hydrogen-bond donors (Lipinski definition) is 1. The van der Waals surface area contributed by atoms with Crippen LogP contribution < -0.4 is 9.80 Å². The molecule has 1 N–H and O–H groups in total. The second kappa shape index (κ2) is 9.17. The summed E-state index contributed by atoms with van der Waals surface area (Å²) in [6, 6.07) is 7.29. The van der Waals surface area contributed by atoms with Crippen molar-refractivity contribution in [2.45, 2.75) is 51.8 Å². The van der Waals surface area contributed by atoms with Crippen molar-refractivity contribution in [3.8, 4) is 0 Å². The van der Waals surface area contributed by atoms with Crippen molar-refractivity contribution in [2.75, 3.05) is 37.7 Å². The Kier molecular flexibility index (Phi) is 6.40. The first-order valence-corrected chi connectivity index (χ1v) is 10.8. The van der Waals surface area contributed by atoms with E-state index in [4.69, 9.17) is 4.74 Å². The summed E-state index contributed by atoms with van der Waals surface area (Å²) >= 11 is 0. The fraction of sp³-hybridized carbons (Fsp3) is 0.667. The van der Waals surface area contributed by atoms with E-state index in [-0.39, 0.29) is 18.0 Å². The van der Waals surface area contributed by atoms with E-state index >= 15 is 0 Å². The zero-order valence-electron chi connectivity index (χ0n) is 17.4. The molecule has 0 saturated carbocycles. The minimum absolute atomic E-state index is 0.143. The highest BCUT2D eigenvalue weighted by atomic mass is 19.1. The topological polar surface area (TPSA) is 60.5 Å². The largest absolute Gasteiger partial charge is 0.376 e. The molecule has 1 aromatic carbocycles. The van der Waals surface area contributed by atoms with E-state index in [1.807, 2.05) is 16.8 Å². The molecule has 4 rings (SSSR count). The Morgan fingerprint density at radius 3 is 2.72 bits per heavy atom. The highest BCUT2D eigenvalue weighted by Gasteiger charge is 2.34. The van der Waals surface area contributed by atoms with Gasteiger partial charge in [-0.1, -0.05) is 26.0 Å². The Bertz CT molecular complexity index is 783. The van der Waals surface area contributed by atoms with Crippen LogP contribution >= 0.6 is 0 Å². The van der Waals surface area contributed by atoms with Crippen molar-refractivity contribution in [3.05, 3.63) is 35.9 Å². The Morgan fingerprint density at radius 2 is 2.03 bits per heavy atom. The SMILES string of the molecule is CC(C)C[C@@H](c1nnnn1C[C@H]1CCCO1)[NH+]1CCN(c2ccccc2F)CC1. The van der Waals surface area contributed by atoms with E-state index in [1.54, 1.807) is 6.07 Å². The third kappa shape index (κ3) is 4.75. The Labute approximate surface area is 171 Å². The molecule has 3 heterocycles. The zero-order valence-corrected chi connectivity index (χ0v) is 17.4. The molecule has 1 aromatic heterocycles. The Hall–Kier alpha value is -2.06. The number of piperazine rings is 1. The average molecular weight is 404 g/mol. The summed E-state index contributed by atoms with van der Waals surface area (Å²) in [4.78, 5) is 3.63. The molecular formula is C21H32FN6O+. The first-order chi connectivity index (χ1) is 14.1. The van der Waals surface area contributed by atoms with Gasteiger partial charge in [-0.25, -0.2) is 9.07 Å². The van der Waals surface area contributed by atoms with Crippen molar-refractivity contribution in [2.24, 2.45) is 5.92 Å². The van der Waals surface area contributed by atoms with Crippen LogP contribution in [0, 0.1) is 11.7 Å². The molecule has 158 valence electrons. The molecule has 0 spiro atoms. The number of nitrogens with zero attached hydrogens (tertiary/aromatic N) is 5. The molecular weight excluding hydrogens is 371 g/mol. The minimum atomic E-state index is -0.143. The quantitative estimate of drug-likeness (QED) is 0.759. The lowest BCUT2D eigenvalue weighted by Crippen LogP contribution is -3.15. The number of hydrogen-bond acceptors (Lipinski definition) is 5. The Balaban J connectivity index is 1.47. The molecule has 2 atom stereocenters. The highest BCUT2D eigenvalue weighted by Crippen LogP contribution is 2.21. The van der Waals surface area contributed by atoms with Crippen LogP contribution in [-0.2, 0) is 11.3 Å². The summed E-state index contributed by atoms with van der Waals surface area (Å²) in [5.41, 5.74) is 0.704. The molecule has 2 aliphatic heterocycles. The van der Waals surface area contributed by atoms with Gasteiger partial charge in [0.05, 0.1) is 44.5 Å². The van der Waals surface area contributed by atoms with Gasteiger partial charge in [-0.3, -0.25) is 0 Å². The van der Waals surface area contributed by atoms with E-state index in [1.165, 1.54) is 11.0 Å². The lowest BCUT2D eigenvalue weighted by atomic mass is 10.0. The van der Waals surface area contributed by atoms with Crippen molar-refractivity contribution in [1.29, 1.82) is 0 Å². The van der Waals surface area contributed by atoms with Crippen molar-refractivity contribution in [3.63, 3.8) is 0 Å². The average Bonchev–Trinajstić information content (AvgIpc) is 3.39. The number of rotatable bonds is 7. The van der Waals surface area contributed by atoms with Crippen molar-refractivity contribution in [1.82, 2.24) is 20.2 Å². The zero-order chi connectivity index (χ0) is 20.2. The third-order valence-electron chi connectivity index (χ3n) is 6.07. The van der Waals surface area contributed by atoms with Gasteiger partial charge in [0.15, 0.2) is 0 Å². The highest BCUT2D eigenvalue weighted by molar-refractivity contribution is 5.47. The maximum Gasteiger partial charge on any atom is 0.209 e. The molecule has 2 aliphatic rings. The van der Waals surface area contributed by atoms with Crippen LogP contribution in [0.15, 0.2) is 24.3 Å². The monoisotopic (exact) mass is 403 g/mol. The molecule has 2 saturated heterocycles. The van der Waals surface area contributed by atoms with E-state index in [0.717, 1.165) is 64.4 Å². The second-order valence-electron chi connectivity index (χ2n) is 8.63. The van der Waals surface area contributed by atoms with Gasteiger partial charge < -0.3 is 14.5 Å². The smallest absolute Gasteiger partial charge is 0.209 e. The number of tetrazole rings is 1. The van der Waals surface area contributed by atoms with Gasteiger partial charge in [-0.2, -0.15) is 0 Å². The molecule has 0 amide bonds. The van der Waals surface area contributed by atoms with Crippen molar-refractivity contribution >= 4 is 5.69 Å². The number of quaternary nitrogens is 1. The molecule has 0 aliphatic carbocycles. The number of ether oxygens (including phenoxy) is 1. The van der Waals surface area contributed by atoms with Crippen LogP contribution in [0.1, 0.15) is 45.0 Å². The van der Waals surface area contributed by atoms with E-state index in [9.17, 15) is 4.39 Å². The second-order valence-corrected chi connectivity index (χ2v) is 8.63. The van der Waals surface area contributed by atoms with Gasteiger partial charge in [0.1, 0.15) is 11.9 Å².